The van der Waals surface area contributed by atoms with E-state index < -0.39 is 5.91 Å². The maximum atomic E-state index is 11.3. The number of amides is 1. The summed E-state index contributed by atoms with van der Waals surface area (Å²) in [6.45, 7) is 2.26. The molecule has 0 unspecified atom stereocenters. The summed E-state index contributed by atoms with van der Waals surface area (Å²) < 4.78 is 6.56. The van der Waals surface area contributed by atoms with Crippen molar-refractivity contribution in [2.24, 2.45) is 5.73 Å². The van der Waals surface area contributed by atoms with Crippen molar-refractivity contribution in [1.82, 2.24) is 14.8 Å². The van der Waals surface area contributed by atoms with Crippen LogP contribution in [0.15, 0.2) is 24.3 Å². The Hall–Kier alpha value is -2.69. The molecule has 0 saturated heterocycles. The number of aromatic nitrogens is 3. The second-order valence-electron chi connectivity index (χ2n) is 5.79. The van der Waals surface area contributed by atoms with Crippen LogP contribution in [0.4, 0.5) is 0 Å². The van der Waals surface area contributed by atoms with E-state index in [4.69, 9.17) is 15.6 Å². The van der Waals surface area contributed by atoms with E-state index in [1.807, 2.05) is 12.1 Å². The van der Waals surface area contributed by atoms with Crippen LogP contribution in [0.25, 0.3) is 0 Å². The third-order valence-electron chi connectivity index (χ3n) is 3.68. The van der Waals surface area contributed by atoms with Crippen molar-refractivity contribution in [1.29, 1.82) is 0 Å². The summed E-state index contributed by atoms with van der Waals surface area (Å²) in [5, 5.41) is 12.7. The first kappa shape index (κ1) is 19.6. The minimum Gasteiger partial charge on any atom is -0.394 e. The van der Waals surface area contributed by atoms with Gasteiger partial charge in [-0.25, -0.2) is 4.68 Å². The normalized spacial score (nSPS) is 10.4. The van der Waals surface area contributed by atoms with Crippen LogP contribution in [-0.2, 0) is 17.9 Å². The zero-order chi connectivity index (χ0) is 18.8. The van der Waals surface area contributed by atoms with Gasteiger partial charge in [-0.15, -0.1) is 5.10 Å². The Kier molecular flexibility index (Phi) is 7.80. The van der Waals surface area contributed by atoms with Crippen LogP contribution < -0.4 is 5.73 Å². The van der Waals surface area contributed by atoms with Crippen molar-refractivity contribution in [3.05, 3.63) is 47.0 Å². The number of rotatable bonds is 9. The van der Waals surface area contributed by atoms with Crippen LogP contribution >= 0.6 is 0 Å². The number of nitrogens with zero attached hydrogens (tertiary/aromatic N) is 3. The number of aliphatic hydroxyl groups excluding tert-OH is 1. The lowest BCUT2D eigenvalue weighted by Crippen LogP contribution is -2.14. The number of hydrogen-bond acceptors (Lipinski definition) is 5. The molecule has 3 N–H and O–H groups in total. The number of carbonyl (C=O) groups is 1. The number of aryl methyl sites for hydroxylation is 1. The Morgan fingerprint density at radius 3 is 2.69 bits per heavy atom. The molecular weight excluding hydrogens is 332 g/mol. The first-order chi connectivity index (χ1) is 12.6. The third kappa shape index (κ3) is 5.99. The minimum atomic E-state index is -0.731. The quantitative estimate of drug-likeness (QED) is 0.523. The Bertz CT molecular complexity index is 772. The Morgan fingerprint density at radius 1 is 1.27 bits per heavy atom. The van der Waals surface area contributed by atoms with Gasteiger partial charge >= 0.3 is 0 Å². The summed E-state index contributed by atoms with van der Waals surface area (Å²) in [6.07, 6.45) is 4.70. The Balaban J connectivity index is 2.10. The molecule has 0 spiro atoms. The van der Waals surface area contributed by atoms with Gasteiger partial charge in [0.15, 0.2) is 0 Å². The molecule has 1 amide bonds. The molecule has 7 heteroatoms. The van der Waals surface area contributed by atoms with Gasteiger partial charge in [-0.2, -0.15) is 4.98 Å². The first-order valence-electron chi connectivity index (χ1n) is 8.68. The van der Waals surface area contributed by atoms with E-state index in [-0.39, 0.29) is 31.6 Å². The monoisotopic (exact) mass is 356 g/mol. The molecule has 0 radical (unpaired) electrons. The van der Waals surface area contributed by atoms with Gasteiger partial charge in [0.25, 0.3) is 5.91 Å². The minimum absolute atomic E-state index is 0.0290. The fraction of sp³-hybridized carbons (Fsp3) is 0.421. The molecule has 0 aliphatic carbocycles. The zero-order valence-corrected chi connectivity index (χ0v) is 14.9. The molecule has 0 aliphatic heterocycles. The fourth-order valence-corrected chi connectivity index (χ4v) is 2.31. The molecule has 0 bridgehead atoms. The number of nitrogens with two attached hydrogens (primary N) is 1. The molecule has 7 nitrogen and oxygen atoms in total. The van der Waals surface area contributed by atoms with Gasteiger partial charge in [-0.1, -0.05) is 37.8 Å². The number of carbonyl (C=O) groups excluding carboxylic acids is 1. The number of aliphatic hydroxyl groups is 1. The molecule has 1 aromatic carbocycles. The molecule has 138 valence electrons. The summed E-state index contributed by atoms with van der Waals surface area (Å²) in [7, 11) is 0. The van der Waals surface area contributed by atoms with Gasteiger partial charge in [0, 0.05) is 5.56 Å². The summed E-state index contributed by atoms with van der Waals surface area (Å²) in [4.78, 5) is 15.3. The summed E-state index contributed by atoms with van der Waals surface area (Å²) in [5.41, 5.74) is 7.35. The largest absolute Gasteiger partial charge is 0.394 e. The number of benzene rings is 1. The SMILES string of the molecule is CCCCCc1ccc(C#Cc2nc(C(N)=O)nn2COCCO)cc1. The maximum absolute atomic E-state index is 11.3. The average molecular weight is 356 g/mol. The van der Waals surface area contributed by atoms with Gasteiger partial charge in [0.1, 0.15) is 6.73 Å². The Morgan fingerprint density at radius 2 is 2.04 bits per heavy atom. The van der Waals surface area contributed by atoms with E-state index in [1.54, 1.807) is 0 Å². The van der Waals surface area contributed by atoms with E-state index in [0.717, 1.165) is 12.0 Å². The van der Waals surface area contributed by atoms with Gasteiger partial charge < -0.3 is 15.6 Å². The van der Waals surface area contributed by atoms with Crippen molar-refractivity contribution >= 4 is 5.91 Å². The standard InChI is InChI=1S/C19H24N4O3/c1-2-3-4-5-15-6-8-16(9-7-15)10-11-17-21-19(18(20)25)22-23(17)14-26-13-12-24/h6-9,24H,2-5,12-14H2,1H3,(H2,20,25). The molecule has 26 heavy (non-hydrogen) atoms. The lowest BCUT2D eigenvalue weighted by molar-refractivity contribution is 0.0411. The molecule has 2 rings (SSSR count). The number of ether oxygens (including phenoxy) is 1. The van der Waals surface area contributed by atoms with Gasteiger partial charge in [0.2, 0.25) is 11.6 Å². The smallest absolute Gasteiger partial charge is 0.288 e. The molecular formula is C19H24N4O3. The highest BCUT2D eigenvalue weighted by molar-refractivity contribution is 5.88. The molecule has 0 atom stereocenters. The highest BCUT2D eigenvalue weighted by atomic mass is 16.5. The highest BCUT2D eigenvalue weighted by Gasteiger charge is 2.12. The predicted molar refractivity (Wildman–Crippen MR) is 97.2 cm³/mol. The number of hydrogen-bond donors (Lipinski definition) is 2. The molecule has 1 aromatic heterocycles. The van der Waals surface area contributed by atoms with Crippen molar-refractivity contribution in [2.45, 2.75) is 39.3 Å². The van der Waals surface area contributed by atoms with Gasteiger partial charge in [-0.3, -0.25) is 4.79 Å². The first-order valence-corrected chi connectivity index (χ1v) is 8.68. The summed E-state index contributed by atoms with van der Waals surface area (Å²) in [5.74, 6) is 5.33. The van der Waals surface area contributed by atoms with Gasteiger partial charge in [0.05, 0.1) is 13.2 Å². The van der Waals surface area contributed by atoms with Crippen LogP contribution in [0, 0.1) is 11.8 Å². The second kappa shape index (κ2) is 10.3. The van der Waals surface area contributed by atoms with E-state index in [2.05, 4.69) is 41.0 Å². The van der Waals surface area contributed by atoms with Crippen molar-refractivity contribution < 1.29 is 14.6 Å². The number of unbranched alkanes of at least 4 members (excludes halogenated alkanes) is 2. The highest BCUT2D eigenvalue weighted by Crippen LogP contribution is 2.08. The zero-order valence-electron chi connectivity index (χ0n) is 14.9. The topological polar surface area (TPSA) is 103 Å². The third-order valence-corrected chi connectivity index (χ3v) is 3.68. The van der Waals surface area contributed by atoms with Crippen molar-refractivity contribution in [3.8, 4) is 11.8 Å². The van der Waals surface area contributed by atoms with E-state index >= 15 is 0 Å². The average Bonchev–Trinajstić information content (AvgIpc) is 3.05. The maximum Gasteiger partial charge on any atom is 0.288 e. The molecule has 0 fully saturated rings. The molecule has 0 aliphatic rings. The van der Waals surface area contributed by atoms with Crippen molar-refractivity contribution in [2.75, 3.05) is 13.2 Å². The van der Waals surface area contributed by atoms with Gasteiger partial charge in [-0.05, 0) is 36.5 Å². The van der Waals surface area contributed by atoms with E-state index in [0.29, 0.717) is 0 Å². The number of primary amides is 1. The van der Waals surface area contributed by atoms with Crippen LogP contribution in [-0.4, -0.2) is 39.0 Å². The lowest BCUT2D eigenvalue weighted by atomic mass is 10.1. The second-order valence-corrected chi connectivity index (χ2v) is 5.79. The molecule has 1 heterocycles. The van der Waals surface area contributed by atoms with Crippen LogP contribution in [0.2, 0.25) is 0 Å². The van der Waals surface area contributed by atoms with Crippen LogP contribution in [0.5, 0.6) is 0 Å². The van der Waals surface area contributed by atoms with Crippen molar-refractivity contribution in [3.63, 3.8) is 0 Å². The summed E-state index contributed by atoms with van der Waals surface area (Å²) >= 11 is 0. The van der Waals surface area contributed by atoms with E-state index in [9.17, 15) is 4.79 Å². The van der Waals surface area contributed by atoms with E-state index in [1.165, 1.54) is 29.5 Å². The molecule has 0 saturated carbocycles. The van der Waals surface area contributed by atoms with Crippen LogP contribution in [0.1, 0.15) is 53.8 Å². The predicted octanol–water partition coefficient (Wildman–Crippen LogP) is 1.48. The van der Waals surface area contributed by atoms with Crippen LogP contribution in [0.3, 0.4) is 0 Å². The molecule has 2 aromatic rings. The Labute approximate surface area is 153 Å². The lowest BCUT2D eigenvalue weighted by Gasteiger charge is -2.02. The fourth-order valence-electron chi connectivity index (χ4n) is 2.31. The summed E-state index contributed by atoms with van der Waals surface area (Å²) in [6, 6.07) is 8.08.